The van der Waals surface area contributed by atoms with Crippen molar-refractivity contribution in [3.8, 4) is 28.0 Å². The molecule has 4 aromatic rings. The highest BCUT2D eigenvalue weighted by Crippen LogP contribution is 2.36. The predicted molar refractivity (Wildman–Crippen MR) is 111 cm³/mol. The normalized spacial score (nSPS) is 11.4. The molecule has 0 atom stereocenters. The SMILES string of the molecule is CCc1ccc2c(F)c(-c3cc(F)c(-c4cc(F)c(OC(F)F)c(F)c4)c(F)c3)ccc2c1. The third-order valence-electron chi connectivity index (χ3n) is 5.27. The van der Waals surface area contributed by atoms with Gasteiger partial charge in [0.05, 0.1) is 5.56 Å². The van der Waals surface area contributed by atoms with E-state index in [1.165, 1.54) is 6.07 Å². The Hall–Kier alpha value is -3.55. The molecule has 0 aliphatic carbocycles. The van der Waals surface area contributed by atoms with E-state index >= 15 is 4.39 Å². The molecular formula is C25H15F7O. The Kier molecular flexibility index (Phi) is 6.01. The molecule has 0 N–H and O–H groups in total. The molecule has 0 amide bonds. The van der Waals surface area contributed by atoms with Gasteiger partial charge in [0.25, 0.3) is 0 Å². The third kappa shape index (κ3) is 4.25. The largest absolute Gasteiger partial charge is 0.429 e. The smallest absolute Gasteiger partial charge is 0.387 e. The molecule has 0 spiro atoms. The minimum absolute atomic E-state index is 0.0610. The maximum atomic E-state index is 15.1. The molecule has 0 saturated heterocycles. The first-order valence-electron chi connectivity index (χ1n) is 9.84. The van der Waals surface area contributed by atoms with E-state index in [4.69, 9.17) is 0 Å². The van der Waals surface area contributed by atoms with Gasteiger partial charge in [-0.2, -0.15) is 8.78 Å². The van der Waals surface area contributed by atoms with E-state index in [-0.39, 0.29) is 16.5 Å². The molecule has 4 aromatic carbocycles. The molecule has 0 fully saturated rings. The zero-order valence-electron chi connectivity index (χ0n) is 17.0. The van der Waals surface area contributed by atoms with Crippen molar-refractivity contribution < 1.29 is 35.5 Å². The molecule has 33 heavy (non-hydrogen) atoms. The molecule has 170 valence electrons. The summed E-state index contributed by atoms with van der Waals surface area (Å²) in [6, 6.07) is 10.8. The standard InChI is InChI=1S/C25H15F7O/c1-2-12-3-5-16-13(7-12)4-6-17(23(16)30)14-8-18(26)22(19(27)9-14)15-10-20(28)24(21(29)11-15)33-25(31)32/h3-11,25H,2H2,1H3. The van der Waals surface area contributed by atoms with Gasteiger partial charge in [-0.3, -0.25) is 0 Å². The van der Waals surface area contributed by atoms with Crippen LogP contribution >= 0.6 is 0 Å². The van der Waals surface area contributed by atoms with Gasteiger partial charge >= 0.3 is 6.61 Å². The van der Waals surface area contributed by atoms with Gasteiger partial charge < -0.3 is 4.74 Å². The number of benzene rings is 4. The fourth-order valence-corrected chi connectivity index (χ4v) is 3.69. The van der Waals surface area contributed by atoms with Gasteiger partial charge in [-0.25, -0.2) is 22.0 Å². The summed E-state index contributed by atoms with van der Waals surface area (Å²) >= 11 is 0. The summed E-state index contributed by atoms with van der Waals surface area (Å²) in [6.45, 7) is -1.53. The van der Waals surface area contributed by atoms with Crippen molar-refractivity contribution in [2.75, 3.05) is 0 Å². The van der Waals surface area contributed by atoms with E-state index in [9.17, 15) is 26.3 Å². The highest BCUT2D eigenvalue weighted by atomic mass is 19.3. The lowest BCUT2D eigenvalue weighted by Gasteiger charge is -2.13. The number of aryl methyl sites for hydroxylation is 1. The van der Waals surface area contributed by atoms with Crippen LogP contribution in [0.2, 0.25) is 0 Å². The first-order valence-corrected chi connectivity index (χ1v) is 9.84. The lowest BCUT2D eigenvalue weighted by atomic mass is 9.95. The van der Waals surface area contributed by atoms with Crippen molar-refractivity contribution in [3.05, 3.63) is 89.2 Å². The van der Waals surface area contributed by atoms with Crippen LogP contribution < -0.4 is 4.74 Å². The van der Waals surface area contributed by atoms with E-state index in [0.29, 0.717) is 17.5 Å². The number of rotatable bonds is 5. The van der Waals surface area contributed by atoms with Gasteiger partial charge in [-0.1, -0.05) is 37.3 Å². The number of halogens is 7. The van der Waals surface area contributed by atoms with E-state index in [0.717, 1.165) is 24.1 Å². The van der Waals surface area contributed by atoms with Gasteiger partial charge in [0.1, 0.15) is 17.5 Å². The minimum atomic E-state index is -3.49. The van der Waals surface area contributed by atoms with Gasteiger partial charge in [-0.15, -0.1) is 0 Å². The number of alkyl halides is 2. The van der Waals surface area contributed by atoms with Crippen LogP contribution in [0.4, 0.5) is 30.7 Å². The van der Waals surface area contributed by atoms with Gasteiger partial charge in [0.15, 0.2) is 17.4 Å². The quantitative estimate of drug-likeness (QED) is 0.272. The molecule has 0 aliphatic rings. The second-order valence-corrected chi connectivity index (χ2v) is 7.30. The van der Waals surface area contributed by atoms with Crippen LogP contribution in [-0.2, 0) is 6.42 Å². The van der Waals surface area contributed by atoms with Crippen molar-refractivity contribution in [1.82, 2.24) is 0 Å². The fourth-order valence-electron chi connectivity index (χ4n) is 3.69. The lowest BCUT2D eigenvalue weighted by molar-refractivity contribution is -0.0546. The van der Waals surface area contributed by atoms with E-state index in [1.807, 2.05) is 13.0 Å². The average molecular weight is 464 g/mol. The zero-order valence-corrected chi connectivity index (χ0v) is 17.0. The molecule has 0 bridgehead atoms. The zero-order chi connectivity index (χ0) is 23.9. The van der Waals surface area contributed by atoms with Crippen molar-refractivity contribution >= 4 is 10.8 Å². The summed E-state index contributed by atoms with van der Waals surface area (Å²) in [4.78, 5) is 0. The number of fused-ring (bicyclic) bond motifs is 1. The van der Waals surface area contributed by atoms with Crippen LogP contribution in [-0.4, -0.2) is 6.61 Å². The molecule has 0 radical (unpaired) electrons. The molecule has 8 heteroatoms. The monoisotopic (exact) mass is 464 g/mol. The fraction of sp³-hybridized carbons (Fsp3) is 0.120. The molecule has 0 aromatic heterocycles. The Morgan fingerprint density at radius 2 is 1.33 bits per heavy atom. The molecule has 0 aliphatic heterocycles. The van der Waals surface area contributed by atoms with Crippen molar-refractivity contribution in [2.24, 2.45) is 0 Å². The topological polar surface area (TPSA) is 9.23 Å². The summed E-state index contributed by atoms with van der Waals surface area (Å²) < 4.78 is 101. The maximum Gasteiger partial charge on any atom is 0.387 e. The van der Waals surface area contributed by atoms with Crippen molar-refractivity contribution in [1.29, 1.82) is 0 Å². The van der Waals surface area contributed by atoms with Gasteiger partial charge in [0.2, 0.25) is 0 Å². The maximum absolute atomic E-state index is 15.1. The van der Waals surface area contributed by atoms with Crippen LogP contribution in [0.5, 0.6) is 5.75 Å². The molecular weight excluding hydrogens is 449 g/mol. The molecule has 0 saturated carbocycles. The van der Waals surface area contributed by atoms with E-state index < -0.39 is 52.6 Å². The summed E-state index contributed by atoms with van der Waals surface area (Å²) in [5, 5.41) is 0.901. The van der Waals surface area contributed by atoms with Crippen molar-refractivity contribution in [2.45, 2.75) is 20.0 Å². The first kappa shape index (κ1) is 22.6. The molecule has 1 nitrogen and oxygen atoms in total. The van der Waals surface area contributed by atoms with Crippen molar-refractivity contribution in [3.63, 3.8) is 0 Å². The second-order valence-electron chi connectivity index (χ2n) is 7.30. The summed E-state index contributed by atoms with van der Waals surface area (Å²) in [5.74, 6) is -7.58. The Labute approximate surface area is 184 Å². The van der Waals surface area contributed by atoms with Crippen LogP contribution in [0.15, 0.2) is 54.6 Å². The third-order valence-corrected chi connectivity index (χ3v) is 5.27. The van der Waals surface area contributed by atoms with Crippen LogP contribution in [0.25, 0.3) is 33.0 Å². The molecule has 0 heterocycles. The first-order chi connectivity index (χ1) is 15.7. The van der Waals surface area contributed by atoms with Crippen LogP contribution in [0.3, 0.4) is 0 Å². The summed E-state index contributed by atoms with van der Waals surface area (Å²) in [7, 11) is 0. The highest BCUT2D eigenvalue weighted by molar-refractivity contribution is 5.89. The van der Waals surface area contributed by atoms with E-state index in [1.54, 1.807) is 18.2 Å². The highest BCUT2D eigenvalue weighted by Gasteiger charge is 2.22. The van der Waals surface area contributed by atoms with Crippen LogP contribution in [0.1, 0.15) is 12.5 Å². The Bertz CT molecular complexity index is 1320. The predicted octanol–water partition coefficient (Wildman–Crippen LogP) is 8.03. The minimum Gasteiger partial charge on any atom is -0.429 e. The Balaban J connectivity index is 1.79. The summed E-state index contributed by atoms with van der Waals surface area (Å²) in [5.41, 5.74) is -0.547. The number of ether oxygens (including phenoxy) is 1. The van der Waals surface area contributed by atoms with Gasteiger partial charge in [0, 0.05) is 10.9 Å². The second kappa shape index (κ2) is 8.77. The Morgan fingerprint density at radius 1 is 0.727 bits per heavy atom. The average Bonchev–Trinajstić information content (AvgIpc) is 2.75. The number of hydrogen-bond acceptors (Lipinski definition) is 1. The van der Waals surface area contributed by atoms with Crippen LogP contribution in [0, 0.1) is 29.1 Å². The summed E-state index contributed by atoms with van der Waals surface area (Å²) in [6.07, 6.45) is 0.758. The Morgan fingerprint density at radius 3 is 1.91 bits per heavy atom. The number of hydrogen-bond donors (Lipinski definition) is 0. The van der Waals surface area contributed by atoms with Gasteiger partial charge in [-0.05, 0) is 52.8 Å². The van der Waals surface area contributed by atoms with E-state index in [2.05, 4.69) is 4.74 Å². The molecule has 4 rings (SSSR count). The lowest BCUT2D eigenvalue weighted by Crippen LogP contribution is -2.06. The molecule has 0 unspecified atom stereocenters.